The molecule has 0 aliphatic heterocycles. The first-order valence-electron chi connectivity index (χ1n) is 28.2. The Morgan fingerprint density at radius 2 is 0.652 bits per heavy atom. The summed E-state index contributed by atoms with van der Waals surface area (Å²) in [5.41, 5.74) is 19.0. The molecular formula is C63H84Br6. The highest BCUT2D eigenvalue weighted by atomic mass is 79.9. The van der Waals surface area contributed by atoms with E-state index in [4.69, 9.17) is 0 Å². The van der Waals surface area contributed by atoms with Crippen molar-refractivity contribution in [2.24, 2.45) is 0 Å². The number of benzene rings is 4. The van der Waals surface area contributed by atoms with Gasteiger partial charge in [0.05, 0.1) is 0 Å². The second kappa shape index (κ2) is 26.0. The Bertz CT molecular complexity index is 2340. The smallest absolute Gasteiger partial charge is 0.0463 e. The number of hydrogen-bond donors (Lipinski definition) is 0. The second-order valence-corrected chi connectivity index (χ2v) is 26.8. The van der Waals surface area contributed by atoms with Gasteiger partial charge in [0.25, 0.3) is 0 Å². The van der Waals surface area contributed by atoms with Crippen molar-refractivity contribution in [3.8, 4) is 33.4 Å². The molecular weight excluding hydrogens is 1240 g/mol. The third-order valence-electron chi connectivity index (χ3n) is 17.2. The maximum atomic E-state index is 4.48. The Morgan fingerprint density at radius 1 is 0.304 bits per heavy atom. The van der Waals surface area contributed by atoms with Crippen molar-refractivity contribution in [1.29, 1.82) is 0 Å². The van der Waals surface area contributed by atoms with E-state index < -0.39 is 0 Å². The molecule has 0 saturated heterocycles. The third kappa shape index (κ3) is 11.1. The largest absolute Gasteiger partial charge is 0.0654 e. The average molecular weight is 1320 g/mol. The molecule has 0 aromatic heterocycles. The van der Waals surface area contributed by atoms with Crippen LogP contribution in [0.5, 0.6) is 0 Å². The van der Waals surface area contributed by atoms with Gasteiger partial charge in [0.15, 0.2) is 0 Å². The molecule has 0 N–H and O–H groups in total. The van der Waals surface area contributed by atoms with Gasteiger partial charge in [0.2, 0.25) is 0 Å². The molecule has 7 rings (SSSR count). The van der Waals surface area contributed by atoms with Crippen LogP contribution < -0.4 is 0 Å². The van der Waals surface area contributed by atoms with Crippen LogP contribution >= 0.6 is 95.6 Å². The Hall–Kier alpha value is -0.240. The van der Waals surface area contributed by atoms with Crippen LogP contribution in [-0.2, 0) is 16.2 Å². The van der Waals surface area contributed by atoms with Gasteiger partial charge in [-0.15, -0.1) is 0 Å². The summed E-state index contributed by atoms with van der Waals surface area (Å²) < 4.78 is 7.20. The molecule has 0 unspecified atom stereocenters. The molecule has 0 spiro atoms. The highest BCUT2D eigenvalue weighted by Crippen LogP contribution is 2.73. The molecule has 0 amide bonds. The summed E-state index contributed by atoms with van der Waals surface area (Å²) in [6.45, 7) is 14.3. The Morgan fingerprint density at radius 3 is 1.09 bits per heavy atom. The van der Waals surface area contributed by atoms with Crippen molar-refractivity contribution < 1.29 is 0 Å². The van der Waals surface area contributed by atoms with E-state index in [9.17, 15) is 0 Å². The van der Waals surface area contributed by atoms with E-state index in [1.807, 2.05) is 0 Å². The topological polar surface area (TPSA) is 0 Å². The SMILES string of the molecule is CCCCCCC1(CCCCCC)c2cc(Br)ccc2-c2c1c1c(c3c2C(CCCCCC)(CCCCCC)c2c-3cc(Br)c(Br)c2Br)C(CCCCCC)(CCCCCC)c2cc(Br)c(Br)cc2-1. The maximum absolute atomic E-state index is 4.48. The van der Waals surface area contributed by atoms with Crippen molar-refractivity contribution >= 4 is 95.6 Å². The molecule has 4 aromatic carbocycles. The monoisotopic (exact) mass is 1310 g/mol. The summed E-state index contributed by atoms with van der Waals surface area (Å²) >= 11 is 25.5. The number of hydrogen-bond acceptors (Lipinski definition) is 0. The zero-order chi connectivity index (χ0) is 49.3. The minimum absolute atomic E-state index is 0.0876. The van der Waals surface area contributed by atoms with Gasteiger partial charge in [-0.1, -0.05) is 218 Å². The van der Waals surface area contributed by atoms with E-state index in [1.165, 1.54) is 232 Å². The summed E-state index contributed by atoms with van der Waals surface area (Å²) in [4.78, 5) is 0. The zero-order valence-electron chi connectivity index (χ0n) is 43.4. The van der Waals surface area contributed by atoms with E-state index in [-0.39, 0.29) is 16.2 Å². The predicted octanol–water partition coefficient (Wildman–Crippen LogP) is 24.9. The summed E-state index contributed by atoms with van der Waals surface area (Å²) in [5, 5.41) is 0. The molecule has 0 radical (unpaired) electrons. The Kier molecular flexibility index (Phi) is 21.3. The number of unbranched alkanes of at least 4 members (excludes halogenated alkanes) is 18. The third-order valence-corrected chi connectivity index (χ3v) is 22.8. The quantitative estimate of drug-likeness (QED) is 0.0361. The van der Waals surface area contributed by atoms with Crippen LogP contribution in [0.1, 0.15) is 268 Å². The molecule has 0 saturated carbocycles. The maximum Gasteiger partial charge on any atom is 0.0463 e. The molecule has 0 heterocycles. The summed E-state index contributed by atoms with van der Waals surface area (Å²) in [5.74, 6) is 0. The highest BCUT2D eigenvalue weighted by molar-refractivity contribution is 9.14. The second-order valence-electron chi connectivity index (χ2n) is 21.8. The molecule has 0 bridgehead atoms. The van der Waals surface area contributed by atoms with Crippen LogP contribution in [0.15, 0.2) is 63.2 Å². The molecule has 69 heavy (non-hydrogen) atoms. The van der Waals surface area contributed by atoms with Crippen LogP contribution in [0.25, 0.3) is 33.4 Å². The Balaban J connectivity index is 1.75. The van der Waals surface area contributed by atoms with E-state index in [1.54, 1.807) is 50.1 Å². The summed E-state index contributed by atoms with van der Waals surface area (Å²) in [6.07, 6.45) is 37.8. The molecule has 0 atom stereocenters. The van der Waals surface area contributed by atoms with Crippen molar-refractivity contribution in [1.82, 2.24) is 0 Å². The van der Waals surface area contributed by atoms with Gasteiger partial charge < -0.3 is 0 Å². The number of fused-ring (bicyclic) bond motifs is 12. The highest BCUT2D eigenvalue weighted by Gasteiger charge is 2.58. The van der Waals surface area contributed by atoms with E-state index in [0.717, 1.165) is 4.47 Å². The van der Waals surface area contributed by atoms with Crippen LogP contribution in [0, 0.1) is 0 Å². The van der Waals surface area contributed by atoms with E-state index in [0.29, 0.717) is 0 Å². The fraction of sp³-hybridized carbons (Fsp3) is 0.619. The molecule has 4 aromatic rings. The summed E-state index contributed by atoms with van der Waals surface area (Å²) in [6, 6.07) is 15.4. The van der Waals surface area contributed by atoms with Gasteiger partial charge in [-0.2, -0.15) is 0 Å². The lowest BCUT2D eigenvalue weighted by molar-refractivity contribution is 0.389. The van der Waals surface area contributed by atoms with Crippen molar-refractivity contribution in [3.63, 3.8) is 0 Å². The lowest BCUT2D eigenvalue weighted by Gasteiger charge is -2.40. The van der Waals surface area contributed by atoms with Gasteiger partial charge in [0.1, 0.15) is 0 Å². The molecule has 6 heteroatoms. The van der Waals surface area contributed by atoms with E-state index in [2.05, 4.69) is 174 Å². The van der Waals surface area contributed by atoms with Gasteiger partial charge in [-0.05, 0) is 215 Å². The van der Waals surface area contributed by atoms with Gasteiger partial charge in [0, 0.05) is 43.1 Å². The predicted molar refractivity (Wildman–Crippen MR) is 324 cm³/mol. The minimum Gasteiger partial charge on any atom is -0.0654 e. The standard InChI is InChI=1S/C63H84Br6/c1-7-13-19-25-33-61(34-26-20-14-8-2)47-39-43(64)31-32-44(47)52-56(61)53-45-40-49(65)50(66)42-48(45)62(35-27-21-15-9-3,36-28-22-16-10-4)57(53)54-46-41-51(67)59(68)60(69)55(46)63(58(52)54,37-29-23-17-11-5)38-30-24-18-12-6/h31-32,39-42H,7-30,33-38H2,1-6H3. The molecule has 0 nitrogen and oxygen atoms in total. The van der Waals surface area contributed by atoms with Crippen molar-refractivity contribution in [3.05, 3.63) is 96.6 Å². The average Bonchev–Trinajstić information content (AvgIpc) is 3.88. The van der Waals surface area contributed by atoms with Gasteiger partial charge >= 0.3 is 0 Å². The zero-order valence-corrected chi connectivity index (χ0v) is 53.0. The van der Waals surface area contributed by atoms with Crippen LogP contribution in [0.2, 0.25) is 0 Å². The molecule has 3 aliphatic carbocycles. The van der Waals surface area contributed by atoms with Crippen molar-refractivity contribution in [2.45, 2.75) is 250 Å². The Labute approximate surface area is 471 Å². The fourth-order valence-corrected chi connectivity index (χ4v) is 16.8. The normalized spacial score (nSPS) is 15.3. The van der Waals surface area contributed by atoms with Crippen LogP contribution in [-0.4, -0.2) is 0 Å². The van der Waals surface area contributed by atoms with Crippen molar-refractivity contribution in [2.75, 3.05) is 0 Å². The van der Waals surface area contributed by atoms with Crippen LogP contribution in [0.3, 0.4) is 0 Å². The summed E-state index contributed by atoms with van der Waals surface area (Å²) in [7, 11) is 0. The van der Waals surface area contributed by atoms with E-state index >= 15 is 0 Å². The minimum atomic E-state index is -0.135. The molecule has 378 valence electrons. The first kappa shape index (κ1) is 56.5. The first-order valence-corrected chi connectivity index (χ1v) is 33.0. The van der Waals surface area contributed by atoms with Gasteiger partial charge in [-0.3, -0.25) is 0 Å². The molecule has 0 fully saturated rings. The van der Waals surface area contributed by atoms with Gasteiger partial charge in [-0.25, -0.2) is 0 Å². The lowest BCUT2D eigenvalue weighted by atomic mass is 9.63. The first-order chi connectivity index (χ1) is 33.5. The number of halogens is 6. The lowest BCUT2D eigenvalue weighted by Crippen LogP contribution is -2.31. The fourth-order valence-electron chi connectivity index (χ4n) is 14.0. The van der Waals surface area contributed by atoms with Crippen LogP contribution in [0.4, 0.5) is 0 Å². The molecule has 3 aliphatic rings. The number of rotatable bonds is 30.